The third kappa shape index (κ3) is 4.21. The highest BCUT2D eigenvalue weighted by atomic mass is 32.1. The molecule has 5 heteroatoms. The van der Waals surface area contributed by atoms with E-state index in [9.17, 15) is 4.79 Å². The van der Waals surface area contributed by atoms with E-state index in [1.165, 1.54) is 4.88 Å². The lowest BCUT2D eigenvalue weighted by Crippen LogP contribution is -2.53. The number of thiophene rings is 1. The molecule has 2 heterocycles. The summed E-state index contributed by atoms with van der Waals surface area (Å²) < 4.78 is 0. The summed E-state index contributed by atoms with van der Waals surface area (Å²) in [5.41, 5.74) is 0. The van der Waals surface area contributed by atoms with Crippen LogP contribution in [0.25, 0.3) is 0 Å². The highest BCUT2D eigenvalue weighted by Gasteiger charge is 2.22. The highest BCUT2D eigenvalue weighted by Crippen LogP contribution is 2.13. The molecule has 0 bridgehead atoms. The van der Waals surface area contributed by atoms with E-state index in [1.807, 2.05) is 4.90 Å². The second-order valence-electron chi connectivity index (χ2n) is 5.82. The first-order chi connectivity index (χ1) is 9.56. The summed E-state index contributed by atoms with van der Waals surface area (Å²) in [7, 11) is 0. The second-order valence-corrected chi connectivity index (χ2v) is 6.86. The number of nitrogens with one attached hydrogen (secondary N) is 1. The first-order valence-corrected chi connectivity index (χ1v) is 8.24. The SMILES string of the molecule is CC(C)C(C)NC(=O)N1CCN(Cc2cccs2)CC1. The van der Waals surface area contributed by atoms with Crippen LogP contribution >= 0.6 is 11.3 Å². The van der Waals surface area contributed by atoms with Crippen molar-refractivity contribution in [1.82, 2.24) is 15.1 Å². The van der Waals surface area contributed by atoms with Crippen molar-refractivity contribution in [2.45, 2.75) is 33.4 Å². The van der Waals surface area contributed by atoms with E-state index in [0.29, 0.717) is 5.92 Å². The number of nitrogens with zero attached hydrogens (tertiary/aromatic N) is 2. The molecule has 0 radical (unpaired) electrons. The van der Waals surface area contributed by atoms with Crippen LogP contribution < -0.4 is 5.32 Å². The Kier molecular flexibility index (Phi) is 5.43. The van der Waals surface area contributed by atoms with Crippen LogP contribution in [0.1, 0.15) is 25.6 Å². The Morgan fingerprint density at radius 2 is 2.00 bits per heavy atom. The molecular formula is C15H25N3OS. The molecule has 20 heavy (non-hydrogen) atoms. The average molecular weight is 295 g/mol. The van der Waals surface area contributed by atoms with Crippen molar-refractivity contribution >= 4 is 17.4 Å². The maximum atomic E-state index is 12.1. The molecule has 1 fully saturated rings. The molecule has 0 spiro atoms. The van der Waals surface area contributed by atoms with E-state index in [-0.39, 0.29) is 12.1 Å². The zero-order chi connectivity index (χ0) is 14.5. The minimum absolute atomic E-state index is 0.0852. The minimum Gasteiger partial charge on any atom is -0.335 e. The Morgan fingerprint density at radius 1 is 1.30 bits per heavy atom. The Labute approximate surface area is 125 Å². The first-order valence-electron chi connectivity index (χ1n) is 7.36. The topological polar surface area (TPSA) is 35.6 Å². The molecule has 1 aromatic heterocycles. The fraction of sp³-hybridized carbons (Fsp3) is 0.667. The molecule has 0 aliphatic carbocycles. The molecule has 2 rings (SSSR count). The van der Waals surface area contributed by atoms with E-state index >= 15 is 0 Å². The lowest BCUT2D eigenvalue weighted by atomic mass is 10.1. The number of hydrogen-bond acceptors (Lipinski definition) is 3. The molecule has 1 unspecified atom stereocenters. The van der Waals surface area contributed by atoms with Gasteiger partial charge in [-0.2, -0.15) is 0 Å². The number of rotatable bonds is 4. The van der Waals surface area contributed by atoms with Crippen molar-refractivity contribution in [2.24, 2.45) is 5.92 Å². The number of amides is 2. The molecular weight excluding hydrogens is 270 g/mol. The molecule has 1 N–H and O–H groups in total. The Hall–Kier alpha value is -1.07. The fourth-order valence-corrected chi connectivity index (χ4v) is 2.93. The van der Waals surface area contributed by atoms with E-state index in [0.717, 1.165) is 32.7 Å². The largest absolute Gasteiger partial charge is 0.335 e. The average Bonchev–Trinajstić information content (AvgIpc) is 2.92. The van der Waals surface area contributed by atoms with Crippen LogP contribution in [0.2, 0.25) is 0 Å². The maximum absolute atomic E-state index is 12.1. The molecule has 1 atom stereocenters. The standard InChI is InChI=1S/C15H25N3OS/c1-12(2)13(3)16-15(19)18-8-6-17(7-9-18)11-14-5-4-10-20-14/h4-5,10,12-13H,6-9,11H2,1-3H3,(H,16,19). The summed E-state index contributed by atoms with van der Waals surface area (Å²) in [5, 5.41) is 5.20. The van der Waals surface area contributed by atoms with Crippen molar-refractivity contribution in [2.75, 3.05) is 26.2 Å². The molecule has 0 aromatic carbocycles. The Morgan fingerprint density at radius 3 is 2.55 bits per heavy atom. The monoisotopic (exact) mass is 295 g/mol. The number of hydrogen-bond donors (Lipinski definition) is 1. The Balaban J connectivity index is 1.75. The van der Waals surface area contributed by atoms with Crippen molar-refractivity contribution in [1.29, 1.82) is 0 Å². The summed E-state index contributed by atoms with van der Waals surface area (Å²) in [6.45, 7) is 10.9. The maximum Gasteiger partial charge on any atom is 0.317 e. The number of carbonyl (C=O) groups excluding carboxylic acids is 1. The molecule has 4 nitrogen and oxygen atoms in total. The lowest BCUT2D eigenvalue weighted by molar-refractivity contribution is 0.133. The van der Waals surface area contributed by atoms with Crippen LogP contribution in [0.3, 0.4) is 0 Å². The summed E-state index contributed by atoms with van der Waals surface area (Å²) in [6.07, 6.45) is 0. The van der Waals surface area contributed by atoms with E-state index in [2.05, 4.69) is 48.5 Å². The molecule has 112 valence electrons. The normalized spacial score (nSPS) is 18.3. The third-order valence-corrected chi connectivity index (χ3v) is 4.83. The zero-order valence-electron chi connectivity index (χ0n) is 12.6. The van der Waals surface area contributed by atoms with Crippen molar-refractivity contribution in [3.8, 4) is 0 Å². The van der Waals surface area contributed by atoms with E-state index in [4.69, 9.17) is 0 Å². The van der Waals surface area contributed by atoms with Crippen LogP contribution in [0.15, 0.2) is 17.5 Å². The minimum atomic E-state index is 0.0852. The van der Waals surface area contributed by atoms with Crippen molar-refractivity contribution < 1.29 is 4.79 Å². The predicted molar refractivity (Wildman–Crippen MR) is 84.0 cm³/mol. The molecule has 2 amide bonds. The van der Waals surface area contributed by atoms with Gasteiger partial charge in [0.15, 0.2) is 0 Å². The van der Waals surface area contributed by atoms with Gasteiger partial charge in [-0.1, -0.05) is 19.9 Å². The highest BCUT2D eigenvalue weighted by molar-refractivity contribution is 7.09. The van der Waals surface area contributed by atoms with Crippen LogP contribution in [0, 0.1) is 5.92 Å². The van der Waals surface area contributed by atoms with Gasteiger partial charge in [0, 0.05) is 43.6 Å². The summed E-state index contributed by atoms with van der Waals surface area (Å²) in [6, 6.07) is 4.58. The predicted octanol–water partition coefficient (Wildman–Crippen LogP) is 2.62. The fourth-order valence-electron chi connectivity index (χ4n) is 2.18. The van der Waals surface area contributed by atoms with Gasteiger partial charge in [0.2, 0.25) is 0 Å². The van der Waals surface area contributed by atoms with E-state index < -0.39 is 0 Å². The van der Waals surface area contributed by atoms with Crippen LogP contribution in [-0.2, 0) is 6.54 Å². The van der Waals surface area contributed by atoms with Crippen molar-refractivity contribution in [3.63, 3.8) is 0 Å². The van der Waals surface area contributed by atoms with E-state index in [1.54, 1.807) is 11.3 Å². The molecule has 1 aromatic rings. The van der Waals surface area contributed by atoms with Crippen molar-refractivity contribution in [3.05, 3.63) is 22.4 Å². The Bertz CT molecular complexity index is 411. The summed E-state index contributed by atoms with van der Waals surface area (Å²) in [4.78, 5) is 17.9. The van der Waals surface area contributed by atoms with Crippen LogP contribution in [-0.4, -0.2) is 48.1 Å². The molecule has 1 aliphatic heterocycles. The summed E-state index contributed by atoms with van der Waals surface area (Å²) >= 11 is 1.80. The van der Waals surface area contributed by atoms with Crippen LogP contribution in [0.5, 0.6) is 0 Å². The second kappa shape index (κ2) is 7.09. The van der Waals surface area contributed by atoms with Gasteiger partial charge in [0.25, 0.3) is 0 Å². The van der Waals surface area contributed by atoms with Gasteiger partial charge in [-0.15, -0.1) is 11.3 Å². The smallest absolute Gasteiger partial charge is 0.317 e. The number of carbonyl (C=O) groups is 1. The van der Waals surface area contributed by atoms with Gasteiger partial charge in [0.05, 0.1) is 0 Å². The quantitative estimate of drug-likeness (QED) is 0.927. The van der Waals surface area contributed by atoms with Gasteiger partial charge >= 0.3 is 6.03 Å². The van der Waals surface area contributed by atoms with Gasteiger partial charge in [-0.25, -0.2) is 4.79 Å². The van der Waals surface area contributed by atoms with Gasteiger partial charge < -0.3 is 10.2 Å². The lowest BCUT2D eigenvalue weighted by Gasteiger charge is -2.35. The molecule has 0 saturated carbocycles. The first kappa shape index (κ1) is 15.3. The number of urea groups is 1. The van der Waals surface area contributed by atoms with Gasteiger partial charge in [0.1, 0.15) is 0 Å². The zero-order valence-corrected chi connectivity index (χ0v) is 13.4. The molecule has 1 aliphatic rings. The third-order valence-electron chi connectivity index (χ3n) is 3.97. The van der Waals surface area contributed by atoms with Gasteiger partial charge in [-0.3, -0.25) is 4.90 Å². The number of piperazine rings is 1. The summed E-state index contributed by atoms with van der Waals surface area (Å²) in [5.74, 6) is 0.471. The van der Waals surface area contributed by atoms with Gasteiger partial charge in [-0.05, 0) is 24.3 Å². The van der Waals surface area contributed by atoms with Crippen LogP contribution in [0.4, 0.5) is 4.79 Å². The molecule has 1 saturated heterocycles.